The van der Waals surface area contributed by atoms with Gasteiger partial charge in [0.25, 0.3) is 0 Å². The van der Waals surface area contributed by atoms with Gasteiger partial charge in [-0.15, -0.1) is 0 Å². The Hall–Kier alpha value is -1.14. The van der Waals surface area contributed by atoms with E-state index in [-0.39, 0.29) is 30.6 Å². The van der Waals surface area contributed by atoms with Gasteiger partial charge in [0.1, 0.15) is 0 Å². The summed E-state index contributed by atoms with van der Waals surface area (Å²) in [6.07, 6.45) is 6.54. The number of imide groups is 1. The van der Waals surface area contributed by atoms with Gasteiger partial charge >= 0.3 is 6.03 Å². The minimum atomic E-state index is -0.354. The van der Waals surface area contributed by atoms with Crippen molar-refractivity contribution in [3.8, 4) is 0 Å². The van der Waals surface area contributed by atoms with E-state index in [0.29, 0.717) is 5.92 Å². The molecule has 4 N–H and O–H groups in total. The van der Waals surface area contributed by atoms with Gasteiger partial charge in [0, 0.05) is 18.6 Å². The molecule has 21 heavy (non-hydrogen) atoms. The zero-order valence-electron chi connectivity index (χ0n) is 12.9. The Morgan fingerprint density at radius 1 is 1.24 bits per heavy atom. The summed E-state index contributed by atoms with van der Waals surface area (Å²) in [5.74, 6) is 0.217. The number of nitrogens with zero attached hydrogens (tertiary/aromatic N) is 1. The zero-order chi connectivity index (χ0) is 15.2. The van der Waals surface area contributed by atoms with Crippen molar-refractivity contribution < 1.29 is 9.59 Å². The molecule has 1 saturated carbocycles. The molecule has 3 amide bonds. The maximum absolute atomic E-state index is 11.9. The topological polar surface area (TPSA) is 87.5 Å². The molecular weight excluding hydrogens is 268 g/mol. The Balaban J connectivity index is 1.69. The first-order valence-corrected chi connectivity index (χ1v) is 8.13. The predicted molar refractivity (Wildman–Crippen MR) is 81.7 cm³/mol. The molecule has 1 aliphatic heterocycles. The van der Waals surface area contributed by atoms with Crippen LogP contribution in [0.25, 0.3) is 0 Å². The van der Waals surface area contributed by atoms with Crippen molar-refractivity contribution >= 4 is 11.9 Å². The first-order valence-electron chi connectivity index (χ1n) is 8.13. The number of carbonyl (C=O) groups excluding carboxylic acids is 2. The lowest BCUT2D eigenvalue weighted by Crippen LogP contribution is -2.49. The minimum Gasteiger partial charge on any atom is -0.335 e. The average molecular weight is 296 g/mol. The van der Waals surface area contributed by atoms with Crippen LogP contribution in [0, 0.1) is 5.92 Å². The van der Waals surface area contributed by atoms with Gasteiger partial charge in [-0.3, -0.25) is 15.0 Å². The normalized spacial score (nSPS) is 25.5. The van der Waals surface area contributed by atoms with Crippen molar-refractivity contribution in [3.05, 3.63) is 0 Å². The first-order chi connectivity index (χ1) is 10.0. The molecule has 0 spiro atoms. The quantitative estimate of drug-likeness (QED) is 0.716. The lowest BCUT2D eigenvalue weighted by atomic mass is 9.92. The summed E-state index contributed by atoms with van der Waals surface area (Å²) in [7, 11) is 0. The Morgan fingerprint density at radius 3 is 2.62 bits per heavy atom. The molecular formula is C15H28N4O2. The smallest absolute Gasteiger partial charge is 0.321 e. The van der Waals surface area contributed by atoms with Crippen LogP contribution in [0.5, 0.6) is 0 Å². The van der Waals surface area contributed by atoms with Crippen LogP contribution in [-0.2, 0) is 4.79 Å². The second-order valence-electron chi connectivity index (χ2n) is 6.50. The van der Waals surface area contributed by atoms with Gasteiger partial charge in [-0.1, -0.05) is 12.8 Å². The van der Waals surface area contributed by atoms with Gasteiger partial charge in [0.15, 0.2) is 0 Å². The second-order valence-corrected chi connectivity index (χ2v) is 6.50. The predicted octanol–water partition coefficient (Wildman–Crippen LogP) is 0.814. The van der Waals surface area contributed by atoms with Crippen LogP contribution < -0.4 is 16.4 Å². The van der Waals surface area contributed by atoms with Gasteiger partial charge < -0.3 is 11.1 Å². The number of carbonyl (C=O) groups is 2. The van der Waals surface area contributed by atoms with Gasteiger partial charge in [-0.2, -0.15) is 0 Å². The second kappa shape index (κ2) is 7.75. The molecule has 0 bridgehead atoms. The van der Waals surface area contributed by atoms with E-state index in [0.717, 1.165) is 51.6 Å². The number of nitrogens with two attached hydrogens (primary N) is 1. The molecule has 6 heteroatoms. The van der Waals surface area contributed by atoms with Crippen molar-refractivity contribution in [1.82, 2.24) is 15.5 Å². The molecule has 2 atom stereocenters. The fraction of sp³-hybridized carbons (Fsp3) is 0.867. The van der Waals surface area contributed by atoms with Crippen LogP contribution in [0.2, 0.25) is 0 Å². The van der Waals surface area contributed by atoms with Crippen molar-refractivity contribution in [2.45, 2.75) is 57.5 Å². The van der Waals surface area contributed by atoms with E-state index in [2.05, 4.69) is 15.5 Å². The molecule has 0 radical (unpaired) electrons. The number of nitrogens with one attached hydrogen (secondary N) is 2. The first kappa shape index (κ1) is 16.2. The fourth-order valence-electron chi connectivity index (χ4n) is 3.32. The average Bonchev–Trinajstić information content (AvgIpc) is 2.91. The largest absolute Gasteiger partial charge is 0.335 e. The summed E-state index contributed by atoms with van der Waals surface area (Å²) in [5, 5.41) is 5.30. The number of amides is 3. The molecule has 2 aliphatic rings. The highest BCUT2D eigenvalue weighted by Crippen LogP contribution is 2.18. The molecule has 2 rings (SSSR count). The molecule has 0 aromatic carbocycles. The lowest BCUT2D eigenvalue weighted by Gasteiger charge is -2.34. The Bertz CT molecular complexity index is 367. The number of likely N-dealkylation sites (tertiary alicyclic amines) is 1. The van der Waals surface area contributed by atoms with Crippen molar-refractivity contribution in [2.24, 2.45) is 11.7 Å². The van der Waals surface area contributed by atoms with Gasteiger partial charge in [-0.25, -0.2) is 4.79 Å². The molecule has 2 fully saturated rings. The van der Waals surface area contributed by atoms with E-state index < -0.39 is 0 Å². The summed E-state index contributed by atoms with van der Waals surface area (Å²) in [6.45, 7) is 4.04. The third kappa shape index (κ3) is 5.28. The molecule has 6 nitrogen and oxygen atoms in total. The van der Waals surface area contributed by atoms with Crippen LogP contribution in [0.1, 0.15) is 45.4 Å². The maximum Gasteiger partial charge on any atom is 0.321 e. The minimum absolute atomic E-state index is 0.154. The maximum atomic E-state index is 11.9. The molecule has 1 aliphatic carbocycles. The van der Waals surface area contributed by atoms with Gasteiger partial charge in [-0.05, 0) is 45.1 Å². The van der Waals surface area contributed by atoms with Crippen LogP contribution in [-0.4, -0.2) is 48.6 Å². The molecule has 0 aromatic heterocycles. The third-order valence-electron chi connectivity index (χ3n) is 4.60. The Morgan fingerprint density at radius 2 is 1.95 bits per heavy atom. The Labute approximate surface area is 126 Å². The summed E-state index contributed by atoms with van der Waals surface area (Å²) < 4.78 is 0. The van der Waals surface area contributed by atoms with Gasteiger partial charge in [0.05, 0.1) is 6.54 Å². The van der Waals surface area contributed by atoms with Crippen molar-refractivity contribution in [1.29, 1.82) is 0 Å². The number of rotatable bonds is 4. The van der Waals surface area contributed by atoms with Crippen LogP contribution >= 0.6 is 0 Å². The van der Waals surface area contributed by atoms with Crippen LogP contribution in [0.4, 0.5) is 4.79 Å². The summed E-state index contributed by atoms with van der Waals surface area (Å²) in [6, 6.07) is 0.0319. The van der Waals surface area contributed by atoms with Crippen molar-refractivity contribution in [2.75, 3.05) is 19.6 Å². The fourth-order valence-corrected chi connectivity index (χ4v) is 3.32. The van der Waals surface area contributed by atoms with Gasteiger partial charge in [0.2, 0.25) is 5.91 Å². The lowest BCUT2D eigenvalue weighted by molar-refractivity contribution is -0.121. The zero-order valence-corrected chi connectivity index (χ0v) is 12.9. The number of hydrogen-bond donors (Lipinski definition) is 3. The highest BCUT2D eigenvalue weighted by atomic mass is 16.2. The summed E-state index contributed by atoms with van der Waals surface area (Å²) in [4.78, 5) is 25.8. The van der Waals surface area contributed by atoms with Crippen LogP contribution in [0.15, 0.2) is 0 Å². The number of urea groups is 1. The summed E-state index contributed by atoms with van der Waals surface area (Å²) >= 11 is 0. The molecule has 2 unspecified atom stereocenters. The number of hydrogen-bond acceptors (Lipinski definition) is 4. The van der Waals surface area contributed by atoms with E-state index in [1.54, 1.807) is 0 Å². The molecule has 120 valence electrons. The van der Waals surface area contributed by atoms with Crippen molar-refractivity contribution in [3.63, 3.8) is 0 Å². The molecule has 1 saturated heterocycles. The van der Waals surface area contributed by atoms with E-state index in [9.17, 15) is 9.59 Å². The van der Waals surface area contributed by atoms with E-state index in [1.165, 1.54) is 0 Å². The standard InChI is InChI=1S/C15H28N4O2/c1-11(16)12-5-4-8-19(9-12)10-14(20)18-15(21)17-13-6-2-3-7-13/h11-13H,2-10,16H2,1H3,(H2,17,18,20,21). The Kier molecular flexibility index (Phi) is 5.99. The van der Waals surface area contributed by atoms with E-state index in [1.807, 2.05) is 6.92 Å². The SMILES string of the molecule is CC(N)C1CCCN(CC(=O)NC(=O)NC2CCCC2)C1. The van der Waals surface area contributed by atoms with E-state index in [4.69, 9.17) is 5.73 Å². The molecule has 1 heterocycles. The van der Waals surface area contributed by atoms with E-state index >= 15 is 0 Å². The summed E-state index contributed by atoms with van der Waals surface area (Å²) in [5.41, 5.74) is 5.94. The third-order valence-corrected chi connectivity index (χ3v) is 4.60. The van der Waals surface area contributed by atoms with Crippen LogP contribution in [0.3, 0.4) is 0 Å². The highest BCUT2D eigenvalue weighted by Gasteiger charge is 2.24. The number of piperidine rings is 1. The highest BCUT2D eigenvalue weighted by molar-refractivity contribution is 5.95. The molecule has 0 aromatic rings. The monoisotopic (exact) mass is 296 g/mol.